The van der Waals surface area contributed by atoms with E-state index >= 15 is 0 Å². The number of alkyl halides is 2. The number of nitrogens with zero attached hydrogens (tertiary/aromatic N) is 2. The van der Waals surface area contributed by atoms with Crippen LogP contribution in [0.5, 0.6) is 0 Å². The maximum atomic E-state index is 12.4. The van der Waals surface area contributed by atoms with Gasteiger partial charge in [-0.3, -0.25) is 0 Å². The third-order valence-corrected chi connectivity index (χ3v) is 2.00. The first-order valence-electron chi connectivity index (χ1n) is 3.65. The Hall–Kier alpha value is -1.41. The van der Waals surface area contributed by atoms with Crippen LogP contribution in [0.4, 0.5) is 14.5 Å². The molecular weight excluding hydrogens is 212 g/mol. The van der Waals surface area contributed by atoms with Crippen LogP contribution in [-0.2, 0) is 6.42 Å². The summed E-state index contributed by atoms with van der Waals surface area (Å²) in [5, 5.41) is 8.37. The Bertz CT molecular complexity index is 387. The van der Waals surface area contributed by atoms with Gasteiger partial charge in [0.05, 0.1) is 18.2 Å². The number of aromatic nitrogens is 1. The quantitative estimate of drug-likeness (QED) is 0.774. The Morgan fingerprint density at radius 1 is 1.64 bits per heavy atom. The van der Waals surface area contributed by atoms with Crippen molar-refractivity contribution in [3.8, 4) is 6.07 Å². The van der Waals surface area contributed by atoms with Crippen LogP contribution >= 0.6 is 11.6 Å². The molecule has 0 aliphatic heterocycles. The summed E-state index contributed by atoms with van der Waals surface area (Å²) in [7, 11) is 0. The summed E-state index contributed by atoms with van der Waals surface area (Å²) in [6, 6.07) is 1.75. The normalized spacial score (nSPS) is 10.2. The van der Waals surface area contributed by atoms with Gasteiger partial charge < -0.3 is 5.73 Å². The van der Waals surface area contributed by atoms with Crippen LogP contribution in [-0.4, -0.2) is 4.98 Å². The van der Waals surface area contributed by atoms with Gasteiger partial charge in [0.1, 0.15) is 0 Å². The van der Waals surface area contributed by atoms with Gasteiger partial charge in [0.15, 0.2) is 5.15 Å². The van der Waals surface area contributed by atoms with Crippen molar-refractivity contribution >= 4 is 17.3 Å². The van der Waals surface area contributed by atoms with Crippen molar-refractivity contribution in [3.63, 3.8) is 0 Å². The van der Waals surface area contributed by atoms with Crippen LogP contribution in [0.3, 0.4) is 0 Å². The van der Waals surface area contributed by atoms with E-state index in [2.05, 4.69) is 4.98 Å². The van der Waals surface area contributed by atoms with Gasteiger partial charge in [-0.25, -0.2) is 13.8 Å². The number of pyridine rings is 1. The highest BCUT2D eigenvalue weighted by Crippen LogP contribution is 2.30. The van der Waals surface area contributed by atoms with Crippen LogP contribution < -0.4 is 5.73 Å². The molecule has 1 aromatic rings. The second-order valence-electron chi connectivity index (χ2n) is 2.53. The van der Waals surface area contributed by atoms with E-state index in [1.165, 1.54) is 0 Å². The molecule has 0 unspecified atom stereocenters. The Morgan fingerprint density at radius 3 is 2.79 bits per heavy atom. The molecule has 74 valence electrons. The molecule has 2 N–H and O–H groups in total. The van der Waals surface area contributed by atoms with Crippen molar-refractivity contribution in [2.75, 3.05) is 5.73 Å². The number of nitriles is 1. The lowest BCUT2D eigenvalue weighted by Gasteiger charge is -2.09. The van der Waals surface area contributed by atoms with E-state index in [-0.39, 0.29) is 28.4 Å². The molecule has 0 bridgehead atoms. The van der Waals surface area contributed by atoms with E-state index in [0.29, 0.717) is 0 Å². The number of halogens is 3. The number of anilines is 1. The lowest BCUT2D eigenvalue weighted by atomic mass is 10.1. The van der Waals surface area contributed by atoms with E-state index in [4.69, 9.17) is 22.6 Å². The van der Waals surface area contributed by atoms with Crippen molar-refractivity contribution in [2.45, 2.75) is 12.8 Å². The highest BCUT2D eigenvalue weighted by molar-refractivity contribution is 6.32. The fraction of sp³-hybridized carbons (Fsp3) is 0.250. The molecule has 1 heterocycles. The highest BCUT2D eigenvalue weighted by atomic mass is 35.5. The van der Waals surface area contributed by atoms with Gasteiger partial charge in [-0.05, 0) is 0 Å². The molecule has 0 radical (unpaired) electrons. The molecule has 0 aliphatic carbocycles. The zero-order valence-corrected chi connectivity index (χ0v) is 7.72. The first kappa shape index (κ1) is 10.7. The van der Waals surface area contributed by atoms with Gasteiger partial charge in [0, 0.05) is 17.3 Å². The first-order valence-corrected chi connectivity index (χ1v) is 4.03. The summed E-state index contributed by atoms with van der Waals surface area (Å²) < 4.78 is 24.8. The van der Waals surface area contributed by atoms with Crippen LogP contribution in [0.15, 0.2) is 6.20 Å². The molecule has 0 amide bonds. The molecule has 1 rings (SSSR count). The second-order valence-corrected chi connectivity index (χ2v) is 2.89. The zero-order chi connectivity index (χ0) is 10.7. The minimum absolute atomic E-state index is 0.0500. The number of rotatable bonds is 2. The van der Waals surface area contributed by atoms with Gasteiger partial charge in [-0.15, -0.1) is 0 Å². The molecule has 6 heteroatoms. The molecule has 3 nitrogen and oxygen atoms in total. The molecule has 0 saturated carbocycles. The largest absolute Gasteiger partial charge is 0.396 e. The average molecular weight is 218 g/mol. The number of hydrogen-bond donors (Lipinski definition) is 1. The Kier molecular flexibility index (Phi) is 3.20. The summed E-state index contributed by atoms with van der Waals surface area (Å²) >= 11 is 5.54. The average Bonchev–Trinajstić information content (AvgIpc) is 2.13. The SMILES string of the molecule is N#CCc1c(C(F)F)cnc(Cl)c1N. The highest BCUT2D eigenvalue weighted by Gasteiger charge is 2.17. The van der Waals surface area contributed by atoms with Crippen LogP contribution in [0.1, 0.15) is 17.6 Å². The number of nitrogens with two attached hydrogens (primary N) is 1. The van der Waals surface area contributed by atoms with Gasteiger partial charge in [0.2, 0.25) is 0 Å². The van der Waals surface area contributed by atoms with Crippen LogP contribution in [0.25, 0.3) is 0 Å². The third kappa shape index (κ3) is 1.91. The van der Waals surface area contributed by atoms with Crippen molar-refractivity contribution in [3.05, 3.63) is 22.5 Å². The monoisotopic (exact) mass is 217 g/mol. The van der Waals surface area contributed by atoms with Crippen LogP contribution in [0.2, 0.25) is 5.15 Å². The third-order valence-electron chi connectivity index (χ3n) is 1.70. The van der Waals surface area contributed by atoms with E-state index in [9.17, 15) is 8.78 Å². The summed E-state index contributed by atoms with van der Waals surface area (Å²) in [6.07, 6.45) is -1.96. The number of hydrogen-bond acceptors (Lipinski definition) is 3. The Balaban J connectivity index is 3.31. The van der Waals surface area contributed by atoms with Crippen molar-refractivity contribution in [1.29, 1.82) is 5.26 Å². The minimum Gasteiger partial charge on any atom is -0.396 e. The van der Waals surface area contributed by atoms with Gasteiger partial charge in [-0.1, -0.05) is 11.6 Å². The van der Waals surface area contributed by atoms with Gasteiger partial charge in [0.25, 0.3) is 6.43 Å². The standard InChI is InChI=1S/C8H6ClF2N3/c9-7-6(13)4(1-2-12)5(3-14-7)8(10)11/h3,8H,1,13H2. The Labute approximate surface area is 84.1 Å². The maximum absolute atomic E-state index is 12.4. The van der Waals surface area contributed by atoms with Gasteiger partial charge >= 0.3 is 0 Å². The molecule has 0 saturated heterocycles. The predicted octanol–water partition coefficient (Wildman–Crippen LogP) is 2.32. The molecule has 0 aliphatic rings. The summed E-state index contributed by atoms with van der Waals surface area (Å²) in [4.78, 5) is 3.49. The zero-order valence-electron chi connectivity index (χ0n) is 6.97. The molecule has 0 atom stereocenters. The molecule has 0 spiro atoms. The Morgan fingerprint density at radius 2 is 2.29 bits per heavy atom. The van der Waals surface area contributed by atoms with Crippen LogP contribution in [0, 0.1) is 11.3 Å². The minimum atomic E-state index is -2.70. The molecule has 14 heavy (non-hydrogen) atoms. The summed E-state index contributed by atoms with van der Waals surface area (Å²) in [6.45, 7) is 0. The maximum Gasteiger partial charge on any atom is 0.265 e. The predicted molar refractivity (Wildman–Crippen MR) is 47.9 cm³/mol. The molecule has 1 aromatic heterocycles. The van der Waals surface area contributed by atoms with E-state index in [0.717, 1.165) is 6.20 Å². The molecular formula is C8H6ClF2N3. The fourth-order valence-corrected chi connectivity index (χ4v) is 1.18. The van der Waals surface area contributed by atoms with E-state index < -0.39 is 6.43 Å². The van der Waals surface area contributed by atoms with E-state index in [1.807, 2.05) is 0 Å². The second kappa shape index (κ2) is 4.20. The molecule has 0 aromatic carbocycles. The number of nitrogen functional groups attached to an aromatic ring is 1. The lowest BCUT2D eigenvalue weighted by molar-refractivity contribution is 0.150. The van der Waals surface area contributed by atoms with E-state index in [1.54, 1.807) is 6.07 Å². The topological polar surface area (TPSA) is 62.7 Å². The summed E-state index contributed by atoms with van der Waals surface area (Å²) in [5.41, 5.74) is 5.10. The van der Waals surface area contributed by atoms with Crippen molar-refractivity contribution in [2.24, 2.45) is 0 Å². The van der Waals surface area contributed by atoms with Crippen molar-refractivity contribution < 1.29 is 8.78 Å². The van der Waals surface area contributed by atoms with Crippen molar-refractivity contribution in [1.82, 2.24) is 4.98 Å². The lowest BCUT2D eigenvalue weighted by Crippen LogP contribution is -2.02. The first-order chi connectivity index (χ1) is 6.57. The van der Waals surface area contributed by atoms with Gasteiger partial charge in [-0.2, -0.15) is 5.26 Å². The fourth-order valence-electron chi connectivity index (χ4n) is 1.02. The smallest absolute Gasteiger partial charge is 0.265 e. The molecule has 0 fully saturated rings. The summed E-state index contributed by atoms with van der Waals surface area (Å²) in [5.74, 6) is 0.